The van der Waals surface area contributed by atoms with Crippen LogP contribution in [0.3, 0.4) is 0 Å². The van der Waals surface area contributed by atoms with Crippen LogP contribution in [-0.2, 0) is 11.2 Å². The highest BCUT2D eigenvalue weighted by Crippen LogP contribution is 2.37. The van der Waals surface area contributed by atoms with Gasteiger partial charge < -0.3 is 19.7 Å². The summed E-state index contributed by atoms with van der Waals surface area (Å²) in [4.78, 5) is 15.5. The van der Waals surface area contributed by atoms with Gasteiger partial charge in [0, 0.05) is 31.6 Å². The molecular formula is C24H30N2O3. The smallest absolute Gasteiger partial charge is 0.223 e. The molecule has 0 aromatic heterocycles. The number of nitrogens with one attached hydrogen (secondary N) is 1. The standard InChI is InChI=1S/C24H30N2O3/c1-28-19-10-11-20-17(14-19)6-5-7-18(20)15-24(27)26-13-12-25-16-22(26)21-8-3-4-9-23(21)29-2/h3-4,8-11,14,18,22,25H,5-7,12-13,15-16H2,1-2H3. The van der Waals surface area contributed by atoms with E-state index in [9.17, 15) is 4.79 Å². The van der Waals surface area contributed by atoms with E-state index in [1.807, 2.05) is 29.2 Å². The summed E-state index contributed by atoms with van der Waals surface area (Å²) < 4.78 is 10.9. The Morgan fingerprint density at radius 3 is 2.83 bits per heavy atom. The van der Waals surface area contributed by atoms with Crippen LogP contribution in [0.15, 0.2) is 42.5 Å². The third kappa shape index (κ3) is 4.10. The molecule has 2 unspecified atom stereocenters. The predicted molar refractivity (Wildman–Crippen MR) is 114 cm³/mol. The maximum Gasteiger partial charge on any atom is 0.223 e. The van der Waals surface area contributed by atoms with Crippen molar-refractivity contribution in [3.8, 4) is 11.5 Å². The van der Waals surface area contributed by atoms with E-state index in [2.05, 4.69) is 23.5 Å². The SMILES string of the molecule is COc1ccc2c(c1)CCCC2CC(=O)N1CCNCC1c1ccccc1OC. The Hall–Kier alpha value is -2.53. The lowest BCUT2D eigenvalue weighted by Gasteiger charge is -2.38. The molecule has 5 heteroatoms. The molecule has 0 bridgehead atoms. The molecule has 0 radical (unpaired) electrons. The first-order valence-electron chi connectivity index (χ1n) is 10.5. The Bertz CT molecular complexity index is 867. The number of carbonyl (C=O) groups is 1. The van der Waals surface area contributed by atoms with Crippen LogP contribution in [0.2, 0.25) is 0 Å². The summed E-state index contributed by atoms with van der Waals surface area (Å²) >= 11 is 0. The summed E-state index contributed by atoms with van der Waals surface area (Å²) in [5, 5.41) is 3.44. The zero-order valence-electron chi connectivity index (χ0n) is 17.3. The van der Waals surface area contributed by atoms with Gasteiger partial charge in [0.05, 0.1) is 20.3 Å². The fourth-order valence-electron chi connectivity index (χ4n) is 4.78. The van der Waals surface area contributed by atoms with Crippen LogP contribution in [0.4, 0.5) is 0 Å². The lowest BCUT2D eigenvalue weighted by Crippen LogP contribution is -2.49. The topological polar surface area (TPSA) is 50.8 Å². The van der Waals surface area contributed by atoms with E-state index < -0.39 is 0 Å². The van der Waals surface area contributed by atoms with Gasteiger partial charge in [-0.2, -0.15) is 0 Å². The van der Waals surface area contributed by atoms with Crippen molar-refractivity contribution in [1.29, 1.82) is 0 Å². The summed E-state index contributed by atoms with van der Waals surface area (Å²) in [5.74, 6) is 2.25. The first-order chi connectivity index (χ1) is 14.2. The number of hydrogen-bond acceptors (Lipinski definition) is 4. The van der Waals surface area contributed by atoms with Gasteiger partial charge in [-0.15, -0.1) is 0 Å². The predicted octanol–water partition coefficient (Wildman–Crippen LogP) is 3.69. The summed E-state index contributed by atoms with van der Waals surface area (Å²) in [6, 6.07) is 14.3. The molecule has 2 aromatic rings. The first-order valence-corrected chi connectivity index (χ1v) is 10.5. The molecule has 4 rings (SSSR count). The molecule has 1 amide bonds. The Kier molecular flexibility index (Phi) is 6.05. The molecule has 5 nitrogen and oxygen atoms in total. The number of fused-ring (bicyclic) bond motifs is 1. The second-order valence-corrected chi connectivity index (χ2v) is 7.91. The number of piperazine rings is 1. The van der Waals surface area contributed by atoms with E-state index in [-0.39, 0.29) is 17.9 Å². The van der Waals surface area contributed by atoms with Gasteiger partial charge in [0.15, 0.2) is 0 Å². The number of methoxy groups -OCH3 is 2. The van der Waals surface area contributed by atoms with Crippen LogP contribution in [0.1, 0.15) is 47.9 Å². The lowest BCUT2D eigenvalue weighted by molar-refractivity contribution is -0.135. The highest BCUT2D eigenvalue weighted by atomic mass is 16.5. The Labute approximate surface area is 173 Å². The number of benzene rings is 2. The molecule has 1 fully saturated rings. The van der Waals surface area contributed by atoms with Gasteiger partial charge in [0.1, 0.15) is 11.5 Å². The fourth-order valence-corrected chi connectivity index (χ4v) is 4.78. The van der Waals surface area contributed by atoms with Gasteiger partial charge in [0.2, 0.25) is 5.91 Å². The van der Waals surface area contributed by atoms with Gasteiger partial charge in [0.25, 0.3) is 0 Å². The molecule has 1 N–H and O–H groups in total. The summed E-state index contributed by atoms with van der Waals surface area (Å²) in [5.41, 5.74) is 3.72. The van der Waals surface area contributed by atoms with E-state index in [1.54, 1.807) is 14.2 Å². The molecule has 1 heterocycles. The minimum atomic E-state index is 0.00586. The summed E-state index contributed by atoms with van der Waals surface area (Å²) in [6.45, 7) is 2.31. The van der Waals surface area contributed by atoms with Crippen LogP contribution in [0.5, 0.6) is 11.5 Å². The lowest BCUT2D eigenvalue weighted by atomic mass is 9.80. The molecule has 0 saturated carbocycles. The molecule has 2 atom stereocenters. The second-order valence-electron chi connectivity index (χ2n) is 7.91. The van der Waals surface area contributed by atoms with Crippen LogP contribution in [-0.4, -0.2) is 44.7 Å². The van der Waals surface area contributed by atoms with E-state index >= 15 is 0 Å². The number of amides is 1. The summed E-state index contributed by atoms with van der Waals surface area (Å²) in [7, 11) is 3.39. The Morgan fingerprint density at radius 2 is 2.00 bits per heavy atom. The van der Waals surface area contributed by atoms with E-state index in [0.29, 0.717) is 6.42 Å². The molecular weight excluding hydrogens is 364 g/mol. The average molecular weight is 395 g/mol. The maximum absolute atomic E-state index is 13.4. The highest BCUT2D eigenvalue weighted by Gasteiger charge is 2.32. The van der Waals surface area contributed by atoms with Crippen molar-refractivity contribution in [1.82, 2.24) is 10.2 Å². The van der Waals surface area contributed by atoms with Gasteiger partial charge >= 0.3 is 0 Å². The zero-order valence-corrected chi connectivity index (χ0v) is 17.3. The van der Waals surface area contributed by atoms with Gasteiger partial charge in [-0.3, -0.25) is 4.79 Å². The molecule has 0 spiro atoms. The van der Waals surface area contributed by atoms with E-state index in [1.165, 1.54) is 11.1 Å². The third-order valence-electron chi connectivity index (χ3n) is 6.27. The minimum absolute atomic E-state index is 0.00586. The van der Waals surface area contributed by atoms with E-state index in [0.717, 1.165) is 56.0 Å². The van der Waals surface area contributed by atoms with Crippen LogP contribution >= 0.6 is 0 Å². The largest absolute Gasteiger partial charge is 0.497 e. The summed E-state index contributed by atoms with van der Waals surface area (Å²) in [6.07, 6.45) is 3.81. The molecule has 2 aliphatic rings. The van der Waals surface area contributed by atoms with Gasteiger partial charge in [-0.25, -0.2) is 0 Å². The average Bonchev–Trinajstić information content (AvgIpc) is 2.78. The molecule has 1 aliphatic carbocycles. The van der Waals surface area contributed by atoms with E-state index in [4.69, 9.17) is 9.47 Å². The van der Waals surface area contributed by atoms with Crippen LogP contribution in [0.25, 0.3) is 0 Å². The van der Waals surface area contributed by atoms with Crippen LogP contribution in [0, 0.1) is 0 Å². The van der Waals surface area contributed by atoms with Crippen molar-refractivity contribution < 1.29 is 14.3 Å². The third-order valence-corrected chi connectivity index (χ3v) is 6.27. The quantitative estimate of drug-likeness (QED) is 0.840. The normalized spacial score (nSPS) is 21.4. The highest BCUT2D eigenvalue weighted by molar-refractivity contribution is 5.78. The number of rotatable bonds is 5. The van der Waals surface area contributed by atoms with Gasteiger partial charge in [-0.05, 0) is 54.5 Å². The number of carbonyl (C=O) groups excluding carboxylic acids is 1. The number of aryl methyl sites for hydroxylation is 1. The van der Waals surface area contributed by atoms with Crippen molar-refractivity contribution in [2.75, 3.05) is 33.9 Å². The first kappa shape index (κ1) is 19.8. The maximum atomic E-state index is 13.4. The number of hydrogen-bond donors (Lipinski definition) is 1. The number of para-hydroxylation sites is 1. The molecule has 1 saturated heterocycles. The van der Waals surface area contributed by atoms with Crippen molar-refractivity contribution in [2.45, 2.75) is 37.6 Å². The van der Waals surface area contributed by atoms with Crippen molar-refractivity contribution in [3.05, 3.63) is 59.2 Å². The van der Waals surface area contributed by atoms with Crippen molar-refractivity contribution in [2.24, 2.45) is 0 Å². The monoisotopic (exact) mass is 394 g/mol. The van der Waals surface area contributed by atoms with Crippen molar-refractivity contribution in [3.63, 3.8) is 0 Å². The molecule has 29 heavy (non-hydrogen) atoms. The zero-order chi connectivity index (χ0) is 20.2. The number of nitrogens with zero attached hydrogens (tertiary/aromatic N) is 1. The molecule has 1 aliphatic heterocycles. The van der Waals surface area contributed by atoms with Crippen LogP contribution < -0.4 is 14.8 Å². The Balaban J connectivity index is 1.55. The minimum Gasteiger partial charge on any atom is -0.497 e. The molecule has 154 valence electrons. The second kappa shape index (κ2) is 8.87. The molecule has 2 aromatic carbocycles. The number of ether oxygens (including phenoxy) is 2. The van der Waals surface area contributed by atoms with Gasteiger partial charge in [-0.1, -0.05) is 24.3 Å². The fraction of sp³-hybridized carbons (Fsp3) is 0.458. The van der Waals surface area contributed by atoms with Crippen molar-refractivity contribution >= 4 is 5.91 Å². The Morgan fingerprint density at radius 1 is 1.14 bits per heavy atom.